The minimum atomic E-state index is 0. The molecule has 0 aliphatic carbocycles. The minimum absolute atomic E-state index is 0. The summed E-state index contributed by atoms with van der Waals surface area (Å²) >= 11 is 0. The second-order valence-corrected chi connectivity index (χ2v) is 3.86. The van der Waals surface area contributed by atoms with E-state index in [4.69, 9.17) is 0 Å². The van der Waals surface area contributed by atoms with E-state index in [9.17, 15) is 0 Å². The van der Waals surface area contributed by atoms with Crippen LogP contribution in [-0.4, -0.2) is 0 Å². The van der Waals surface area contributed by atoms with E-state index in [1.165, 1.54) is 51.4 Å². The van der Waals surface area contributed by atoms with Crippen LogP contribution >= 0.6 is 0 Å². The van der Waals surface area contributed by atoms with Gasteiger partial charge in [-0.05, 0) is 5.92 Å². The molecule has 1 heteroatoms. The fourth-order valence-corrected chi connectivity index (χ4v) is 1.50. The van der Waals surface area contributed by atoms with E-state index in [0.29, 0.717) is 0 Å². The van der Waals surface area contributed by atoms with Crippen LogP contribution in [0.15, 0.2) is 0 Å². The van der Waals surface area contributed by atoms with E-state index in [1.54, 1.807) is 0 Å². The third-order valence-corrected chi connectivity index (χ3v) is 2.43. The van der Waals surface area contributed by atoms with Gasteiger partial charge in [0.05, 0.1) is 0 Å². The van der Waals surface area contributed by atoms with Crippen molar-refractivity contribution >= 4 is 0 Å². The summed E-state index contributed by atoms with van der Waals surface area (Å²) in [6.07, 6.45) is 10.9. The molecule has 0 aromatic rings. The van der Waals surface area contributed by atoms with Crippen LogP contribution in [0.4, 0.5) is 0 Å². The molecule has 0 rings (SSSR count). The van der Waals surface area contributed by atoms with Crippen molar-refractivity contribution in [1.82, 2.24) is 0 Å². The molecule has 0 N–H and O–H groups in total. The van der Waals surface area contributed by atoms with Crippen LogP contribution in [0.5, 0.6) is 0 Å². The van der Waals surface area contributed by atoms with Crippen molar-refractivity contribution in [2.75, 3.05) is 0 Å². The van der Waals surface area contributed by atoms with Crippen LogP contribution in [0.2, 0.25) is 0 Å². The molecule has 0 aliphatic heterocycles. The van der Waals surface area contributed by atoms with Gasteiger partial charge in [-0.15, -0.1) is 0 Å². The summed E-state index contributed by atoms with van der Waals surface area (Å²) in [4.78, 5) is 0. The third-order valence-electron chi connectivity index (χ3n) is 2.43. The van der Waals surface area contributed by atoms with Crippen molar-refractivity contribution in [3.05, 3.63) is 6.92 Å². The van der Waals surface area contributed by atoms with E-state index >= 15 is 0 Å². The molecule has 0 nitrogen and oxygen atoms in total. The molecule has 0 aliphatic rings. The molecule has 0 fully saturated rings. The van der Waals surface area contributed by atoms with Crippen molar-refractivity contribution in [2.24, 2.45) is 5.92 Å². The standard InChI is InChI=1S/C12H25.Zn/c1-4-6-8-9-11-12(3)10-7-5-2;/h12H,3-11H2,1-2H3;. The first-order valence-electron chi connectivity index (χ1n) is 5.64. The summed E-state index contributed by atoms with van der Waals surface area (Å²) in [6, 6.07) is 0. The van der Waals surface area contributed by atoms with E-state index in [0.717, 1.165) is 5.92 Å². The first-order valence-corrected chi connectivity index (χ1v) is 5.64. The van der Waals surface area contributed by atoms with E-state index in [1.807, 2.05) is 0 Å². The zero-order valence-corrected chi connectivity index (χ0v) is 12.6. The molecular weight excluding hydrogens is 210 g/mol. The molecule has 75 valence electrons. The molecule has 0 heterocycles. The second-order valence-electron chi connectivity index (χ2n) is 3.86. The molecule has 0 aromatic heterocycles. The Labute approximate surface area is 97.6 Å². The van der Waals surface area contributed by atoms with Gasteiger partial charge in [0.1, 0.15) is 0 Å². The van der Waals surface area contributed by atoms with Gasteiger partial charge in [-0.3, -0.25) is 0 Å². The molecule has 0 spiro atoms. The summed E-state index contributed by atoms with van der Waals surface area (Å²) in [5, 5.41) is 0. The Kier molecular flexibility index (Phi) is 15.6. The number of unbranched alkanes of at least 4 members (excludes halogenated alkanes) is 4. The second kappa shape index (κ2) is 12.6. The molecular formula is C12H25Zn. The van der Waals surface area contributed by atoms with Crippen molar-refractivity contribution in [1.29, 1.82) is 0 Å². The summed E-state index contributed by atoms with van der Waals surface area (Å²) in [5.74, 6) is 0.724. The zero-order chi connectivity index (χ0) is 9.23. The fraction of sp³-hybridized carbons (Fsp3) is 0.917. The van der Waals surface area contributed by atoms with E-state index in [-0.39, 0.29) is 19.5 Å². The van der Waals surface area contributed by atoms with Crippen molar-refractivity contribution in [3.8, 4) is 0 Å². The Hall–Kier alpha value is 0.623. The monoisotopic (exact) mass is 233 g/mol. The van der Waals surface area contributed by atoms with E-state index in [2.05, 4.69) is 20.8 Å². The quantitative estimate of drug-likeness (QED) is 0.426. The van der Waals surface area contributed by atoms with Crippen molar-refractivity contribution < 1.29 is 19.5 Å². The summed E-state index contributed by atoms with van der Waals surface area (Å²) in [6.45, 7) is 8.69. The van der Waals surface area contributed by atoms with Gasteiger partial charge in [-0.25, -0.2) is 0 Å². The third kappa shape index (κ3) is 12.6. The van der Waals surface area contributed by atoms with Gasteiger partial charge >= 0.3 is 0 Å². The number of rotatable bonds is 8. The molecule has 1 radical (unpaired) electrons. The first kappa shape index (κ1) is 16.1. The molecule has 0 aromatic carbocycles. The Balaban J connectivity index is 0. The van der Waals surface area contributed by atoms with Crippen molar-refractivity contribution in [3.63, 3.8) is 0 Å². The maximum Gasteiger partial charge on any atom is 0 e. The average molecular weight is 235 g/mol. The Morgan fingerprint density at radius 2 is 1.38 bits per heavy atom. The van der Waals surface area contributed by atoms with Crippen molar-refractivity contribution in [2.45, 2.75) is 65.2 Å². The molecule has 0 saturated carbocycles. The van der Waals surface area contributed by atoms with Crippen LogP contribution < -0.4 is 0 Å². The predicted octanol–water partition coefficient (Wildman–Crippen LogP) is 4.59. The molecule has 1 unspecified atom stereocenters. The van der Waals surface area contributed by atoms with Crippen LogP contribution in [-0.2, 0) is 19.5 Å². The molecule has 13 heavy (non-hydrogen) atoms. The topological polar surface area (TPSA) is 0 Å². The minimum Gasteiger partial charge on any atom is -0.0654 e. The molecule has 0 amide bonds. The average Bonchev–Trinajstić information content (AvgIpc) is 2.09. The smallest absolute Gasteiger partial charge is 0 e. The van der Waals surface area contributed by atoms with Crippen LogP contribution in [0.25, 0.3) is 0 Å². The fourth-order valence-electron chi connectivity index (χ4n) is 1.50. The van der Waals surface area contributed by atoms with Crippen LogP contribution in [0.3, 0.4) is 0 Å². The Morgan fingerprint density at radius 1 is 0.846 bits per heavy atom. The maximum atomic E-state index is 4.17. The summed E-state index contributed by atoms with van der Waals surface area (Å²) in [7, 11) is 0. The zero-order valence-electron chi connectivity index (χ0n) is 9.65. The normalized spacial score (nSPS) is 12.2. The van der Waals surface area contributed by atoms with Gasteiger partial charge in [0, 0.05) is 19.5 Å². The van der Waals surface area contributed by atoms with Gasteiger partial charge in [0.2, 0.25) is 0 Å². The predicted molar refractivity (Wildman–Crippen MR) is 57.1 cm³/mol. The number of hydrogen-bond donors (Lipinski definition) is 0. The van der Waals surface area contributed by atoms with Gasteiger partial charge in [0.15, 0.2) is 0 Å². The SMILES string of the molecule is [CH2]C(CCCC)CCCCCC.[Zn]. The number of hydrogen-bond acceptors (Lipinski definition) is 0. The van der Waals surface area contributed by atoms with Gasteiger partial charge in [0.25, 0.3) is 0 Å². The maximum absolute atomic E-state index is 4.17. The first-order chi connectivity index (χ1) is 5.81. The van der Waals surface area contributed by atoms with Crippen LogP contribution in [0.1, 0.15) is 65.2 Å². The largest absolute Gasteiger partial charge is 0.0654 e. The Morgan fingerprint density at radius 3 is 1.92 bits per heavy atom. The van der Waals surface area contributed by atoms with Gasteiger partial charge in [-0.1, -0.05) is 72.1 Å². The molecule has 1 atom stereocenters. The van der Waals surface area contributed by atoms with E-state index < -0.39 is 0 Å². The van der Waals surface area contributed by atoms with Gasteiger partial charge < -0.3 is 0 Å². The van der Waals surface area contributed by atoms with Crippen LogP contribution in [0, 0.1) is 12.8 Å². The summed E-state index contributed by atoms with van der Waals surface area (Å²) < 4.78 is 0. The van der Waals surface area contributed by atoms with Gasteiger partial charge in [-0.2, -0.15) is 0 Å². The molecule has 0 saturated heterocycles. The molecule has 0 bridgehead atoms. The Bertz CT molecular complexity index is 81.2. The summed E-state index contributed by atoms with van der Waals surface area (Å²) in [5.41, 5.74) is 0.